The normalized spacial score (nSPS) is 14.4. The molecular weight excluding hydrogens is 384 g/mol. The molecule has 0 aliphatic carbocycles. The number of rotatable bonds is 6. The van der Waals surface area contributed by atoms with E-state index in [1.165, 1.54) is 4.90 Å². The van der Waals surface area contributed by atoms with Gasteiger partial charge in [0.25, 0.3) is 5.91 Å². The van der Waals surface area contributed by atoms with Gasteiger partial charge in [-0.3, -0.25) is 14.4 Å². The Morgan fingerprint density at radius 3 is 2.37 bits per heavy atom. The van der Waals surface area contributed by atoms with Crippen LogP contribution in [-0.4, -0.2) is 70.7 Å². The molecule has 0 unspecified atom stereocenters. The fourth-order valence-corrected chi connectivity index (χ4v) is 3.60. The largest absolute Gasteiger partial charge is 0.466 e. The van der Waals surface area contributed by atoms with Crippen molar-refractivity contribution >= 4 is 17.8 Å². The summed E-state index contributed by atoms with van der Waals surface area (Å²) in [5.41, 5.74) is 2.39. The maximum Gasteiger partial charge on any atom is 0.309 e. The fraction of sp³-hybridized carbons (Fsp3) is 0.455. The van der Waals surface area contributed by atoms with Crippen molar-refractivity contribution in [1.82, 2.24) is 19.6 Å². The monoisotopic (exact) mass is 412 g/mol. The number of hydrogen-bond acceptors (Lipinski definition) is 5. The molecule has 0 radical (unpaired) electrons. The van der Waals surface area contributed by atoms with E-state index in [0.29, 0.717) is 38.1 Å². The van der Waals surface area contributed by atoms with Gasteiger partial charge in [0.2, 0.25) is 5.91 Å². The number of carbonyl (C=O) groups is 3. The van der Waals surface area contributed by atoms with Crippen molar-refractivity contribution in [2.24, 2.45) is 5.92 Å². The number of benzene rings is 1. The number of carbonyl (C=O) groups excluding carboxylic acids is 3. The van der Waals surface area contributed by atoms with E-state index in [0.717, 1.165) is 11.4 Å². The lowest BCUT2D eigenvalue weighted by Crippen LogP contribution is -2.45. The zero-order chi connectivity index (χ0) is 21.7. The molecule has 0 atom stereocenters. The minimum absolute atomic E-state index is 0.00290. The molecular formula is C22H28N4O4. The van der Waals surface area contributed by atoms with E-state index in [1.807, 2.05) is 25.1 Å². The molecule has 1 aromatic heterocycles. The zero-order valence-electron chi connectivity index (χ0n) is 17.7. The first kappa shape index (κ1) is 21.5. The van der Waals surface area contributed by atoms with Crippen LogP contribution in [0.15, 0.2) is 36.5 Å². The molecule has 2 heterocycles. The molecule has 1 saturated heterocycles. The average molecular weight is 412 g/mol. The summed E-state index contributed by atoms with van der Waals surface area (Å²) in [6, 6.07) is 9.06. The Balaban J connectivity index is 1.53. The second-order valence-corrected chi connectivity index (χ2v) is 7.50. The van der Waals surface area contributed by atoms with Gasteiger partial charge >= 0.3 is 5.97 Å². The lowest BCUT2D eigenvalue weighted by atomic mass is 9.97. The maximum atomic E-state index is 12.7. The van der Waals surface area contributed by atoms with E-state index in [9.17, 15) is 14.4 Å². The van der Waals surface area contributed by atoms with Crippen LogP contribution in [0.1, 0.15) is 35.8 Å². The number of hydrogen-bond donors (Lipinski definition) is 0. The quantitative estimate of drug-likeness (QED) is 0.678. The topological polar surface area (TPSA) is 84.7 Å². The van der Waals surface area contributed by atoms with E-state index < -0.39 is 0 Å². The molecule has 1 aliphatic rings. The summed E-state index contributed by atoms with van der Waals surface area (Å²) in [7, 11) is 1.62. The predicted octanol–water partition coefficient (Wildman–Crippen LogP) is 2.05. The molecule has 0 spiro atoms. The van der Waals surface area contributed by atoms with Crippen LogP contribution < -0.4 is 0 Å². The van der Waals surface area contributed by atoms with Crippen molar-refractivity contribution in [1.29, 1.82) is 0 Å². The van der Waals surface area contributed by atoms with Crippen LogP contribution in [-0.2, 0) is 14.3 Å². The highest BCUT2D eigenvalue weighted by atomic mass is 16.5. The maximum absolute atomic E-state index is 12.7. The number of likely N-dealkylation sites (tertiary alicyclic amines) is 1. The lowest BCUT2D eigenvalue weighted by Gasteiger charge is -2.32. The number of likely N-dealkylation sites (N-methyl/N-ethyl adjacent to an activating group) is 1. The molecule has 160 valence electrons. The van der Waals surface area contributed by atoms with Crippen LogP contribution in [0.3, 0.4) is 0 Å². The van der Waals surface area contributed by atoms with Crippen LogP contribution in [0, 0.1) is 12.8 Å². The highest BCUT2D eigenvalue weighted by Gasteiger charge is 2.29. The summed E-state index contributed by atoms with van der Waals surface area (Å²) in [6.45, 7) is 5.12. The first-order chi connectivity index (χ1) is 14.4. The highest BCUT2D eigenvalue weighted by molar-refractivity contribution is 5.96. The van der Waals surface area contributed by atoms with Gasteiger partial charge in [0, 0.05) is 37.6 Å². The lowest BCUT2D eigenvalue weighted by molar-refractivity contribution is -0.151. The summed E-state index contributed by atoms with van der Waals surface area (Å²) in [6.07, 6.45) is 2.91. The van der Waals surface area contributed by atoms with Crippen LogP contribution in [0.5, 0.6) is 0 Å². The van der Waals surface area contributed by atoms with E-state index in [-0.39, 0.29) is 30.2 Å². The third-order valence-corrected chi connectivity index (χ3v) is 5.38. The van der Waals surface area contributed by atoms with Gasteiger partial charge in [-0.1, -0.05) is 0 Å². The molecule has 2 aromatic rings. The number of esters is 1. The first-order valence-corrected chi connectivity index (χ1v) is 10.2. The predicted molar refractivity (Wildman–Crippen MR) is 111 cm³/mol. The standard InChI is InChI=1S/C22H28N4O4/c1-4-30-22(29)18-10-13-25(14-11-18)20(27)15-24(3)21(28)17-5-7-19(8-6-17)26-16(2)9-12-23-26/h5-9,12,18H,4,10-11,13-15H2,1-3H3. The van der Waals surface area contributed by atoms with Gasteiger partial charge in [0.15, 0.2) is 0 Å². The number of piperidine rings is 1. The molecule has 1 aliphatic heterocycles. The number of aromatic nitrogens is 2. The molecule has 3 rings (SSSR count). The second kappa shape index (κ2) is 9.56. The molecule has 1 aromatic carbocycles. The number of nitrogens with zero attached hydrogens (tertiary/aromatic N) is 4. The summed E-state index contributed by atoms with van der Waals surface area (Å²) >= 11 is 0. The van der Waals surface area contributed by atoms with Crippen molar-refractivity contribution in [2.75, 3.05) is 33.3 Å². The van der Waals surface area contributed by atoms with Gasteiger partial charge in [0.05, 0.1) is 24.8 Å². The molecule has 2 amide bonds. The van der Waals surface area contributed by atoms with Crippen molar-refractivity contribution in [3.8, 4) is 5.69 Å². The Bertz CT molecular complexity index is 898. The SMILES string of the molecule is CCOC(=O)C1CCN(C(=O)CN(C)C(=O)c2ccc(-n3nccc3C)cc2)CC1. The van der Waals surface area contributed by atoms with Gasteiger partial charge in [-0.05, 0) is 57.0 Å². The van der Waals surface area contributed by atoms with Gasteiger partial charge in [-0.2, -0.15) is 5.10 Å². The number of ether oxygens (including phenoxy) is 1. The molecule has 1 fully saturated rings. The Morgan fingerprint density at radius 1 is 1.13 bits per heavy atom. The van der Waals surface area contributed by atoms with Crippen LogP contribution in [0.4, 0.5) is 0 Å². The molecule has 30 heavy (non-hydrogen) atoms. The van der Waals surface area contributed by atoms with E-state index in [4.69, 9.17) is 4.74 Å². The average Bonchev–Trinajstić information content (AvgIpc) is 3.19. The van der Waals surface area contributed by atoms with E-state index >= 15 is 0 Å². The Labute approximate surface area is 176 Å². The number of amides is 2. The minimum Gasteiger partial charge on any atom is -0.466 e. The van der Waals surface area contributed by atoms with Crippen molar-refractivity contribution in [2.45, 2.75) is 26.7 Å². The van der Waals surface area contributed by atoms with E-state index in [1.54, 1.807) is 41.9 Å². The van der Waals surface area contributed by atoms with Gasteiger partial charge in [-0.25, -0.2) is 4.68 Å². The molecule has 0 bridgehead atoms. The van der Waals surface area contributed by atoms with Crippen molar-refractivity contribution in [3.05, 3.63) is 47.8 Å². The molecule has 0 N–H and O–H groups in total. The second-order valence-electron chi connectivity index (χ2n) is 7.50. The number of aryl methyl sites for hydroxylation is 1. The van der Waals surface area contributed by atoms with Gasteiger partial charge < -0.3 is 14.5 Å². The zero-order valence-corrected chi connectivity index (χ0v) is 17.7. The van der Waals surface area contributed by atoms with Gasteiger partial charge in [-0.15, -0.1) is 0 Å². The summed E-state index contributed by atoms with van der Waals surface area (Å²) in [4.78, 5) is 40.3. The fourth-order valence-electron chi connectivity index (χ4n) is 3.60. The summed E-state index contributed by atoms with van der Waals surface area (Å²) in [5, 5.41) is 4.26. The molecule has 8 nitrogen and oxygen atoms in total. The van der Waals surface area contributed by atoms with Crippen molar-refractivity contribution < 1.29 is 19.1 Å². The minimum atomic E-state index is -0.214. The Hall–Kier alpha value is -3.16. The first-order valence-electron chi connectivity index (χ1n) is 10.2. The summed E-state index contributed by atoms with van der Waals surface area (Å²) in [5.74, 6) is -0.665. The third kappa shape index (κ3) is 4.87. The summed E-state index contributed by atoms with van der Waals surface area (Å²) < 4.78 is 6.85. The van der Waals surface area contributed by atoms with Crippen LogP contribution in [0.2, 0.25) is 0 Å². The Kier molecular flexibility index (Phi) is 6.87. The molecule has 8 heteroatoms. The van der Waals surface area contributed by atoms with Crippen LogP contribution >= 0.6 is 0 Å². The van der Waals surface area contributed by atoms with Gasteiger partial charge in [0.1, 0.15) is 0 Å². The highest BCUT2D eigenvalue weighted by Crippen LogP contribution is 2.19. The molecule has 0 saturated carbocycles. The van der Waals surface area contributed by atoms with Crippen molar-refractivity contribution in [3.63, 3.8) is 0 Å². The third-order valence-electron chi connectivity index (χ3n) is 5.38. The van der Waals surface area contributed by atoms with E-state index in [2.05, 4.69) is 5.10 Å². The smallest absolute Gasteiger partial charge is 0.309 e. The Morgan fingerprint density at radius 2 is 1.80 bits per heavy atom. The van der Waals surface area contributed by atoms with Crippen LogP contribution in [0.25, 0.3) is 5.69 Å².